The van der Waals surface area contributed by atoms with Crippen LogP contribution >= 0.6 is 0 Å². The summed E-state index contributed by atoms with van der Waals surface area (Å²) >= 11 is 0. The summed E-state index contributed by atoms with van der Waals surface area (Å²) in [6, 6.07) is 5.04. The first-order valence-corrected chi connectivity index (χ1v) is 6.44. The molecule has 0 aromatic heterocycles. The van der Waals surface area contributed by atoms with Gasteiger partial charge in [-0.25, -0.2) is 9.59 Å². The first-order chi connectivity index (χ1) is 9.85. The van der Waals surface area contributed by atoms with Crippen LogP contribution < -0.4 is 10.2 Å². The molecule has 1 aromatic rings. The van der Waals surface area contributed by atoms with Crippen LogP contribution in [0.2, 0.25) is 0 Å². The molecule has 114 valence electrons. The van der Waals surface area contributed by atoms with E-state index < -0.39 is 30.4 Å². The Morgan fingerprint density at radius 3 is 2.19 bits per heavy atom. The Morgan fingerprint density at radius 2 is 1.76 bits per heavy atom. The van der Waals surface area contributed by atoms with E-state index in [1.54, 1.807) is 19.1 Å². The summed E-state index contributed by atoms with van der Waals surface area (Å²) < 4.78 is 0. The topological polar surface area (TPSA) is 107 Å². The van der Waals surface area contributed by atoms with Gasteiger partial charge in [-0.1, -0.05) is 17.7 Å². The fourth-order valence-corrected chi connectivity index (χ4v) is 1.77. The summed E-state index contributed by atoms with van der Waals surface area (Å²) in [6.07, 6.45) is -0.674. The number of carbonyl (C=O) groups is 3. The lowest BCUT2D eigenvalue weighted by Crippen LogP contribution is -2.49. The zero-order valence-electron chi connectivity index (χ0n) is 11.9. The number of rotatable bonds is 6. The molecule has 0 saturated heterocycles. The normalized spacial score (nSPS) is 11.5. The second-order valence-corrected chi connectivity index (χ2v) is 4.52. The fourth-order valence-electron chi connectivity index (χ4n) is 1.77. The third kappa shape index (κ3) is 4.79. The van der Waals surface area contributed by atoms with Crippen LogP contribution in [0.3, 0.4) is 0 Å². The molecule has 1 atom stereocenters. The number of anilines is 1. The van der Waals surface area contributed by atoms with E-state index in [0.29, 0.717) is 12.2 Å². The van der Waals surface area contributed by atoms with Gasteiger partial charge in [-0.05, 0) is 26.0 Å². The Bertz CT molecular complexity index is 527. The van der Waals surface area contributed by atoms with Crippen molar-refractivity contribution in [1.82, 2.24) is 5.32 Å². The van der Waals surface area contributed by atoms with Gasteiger partial charge in [0.2, 0.25) is 0 Å². The van der Waals surface area contributed by atoms with Crippen LogP contribution in [-0.4, -0.2) is 40.8 Å². The van der Waals surface area contributed by atoms with Crippen LogP contribution in [0.15, 0.2) is 24.3 Å². The summed E-state index contributed by atoms with van der Waals surface area (Å²) in [5, 5.41) is 19.8. The molecule has 0 fully saturated rings. The van der Waals surface area contributed by atoms with Gasteiger partial charge in [0.15, 0.2) is 0 Å². The van der Waals surface area contributed by atoms with Crippen molar-refractivity contribution in [2.75, 3.05) is 11.4 Å². The largest absolute Gasteiger partial charge is 0.481 e. The van der Waals surface area contributed by atoms with Gasteiger partial charge in [0.25, 0.3) is 0 Å². The first kappa shape index (κ1) is 16.5. The summed E-state index contributed by atoms with van der Waals surface area (Å²) in [5.41, 5.74) is 1.64. The minimum atomic E-state index is -1.46. The van der Waals surface area contributed by atoms with Crippen molar-refractivity contribution in [3.05, 3.63) is 29.8 Å². The fraction of sp³-hybridized carbons (Fsp3) is 0.357. The SMILES string of the molecule is CCN(C(=O)NC(CC(=O)O)C(=O)O)c1ccc(C)cc1. The number of aliphatic carboxylic acids is 2. The average molecular weight is 294 g/mol. The maximum Gasteiger partial charge on any atom is 0.326 e. The molecule has 3 N–H and O–H groups in total. The number of carboxylic acid groups (broad SMARTS) is 2. The van der Waals surface area contributed by atoms with E-state index in [2.05, 4.69) is 5.32 Å². The van der Waals surface area contributed by atoms with Gasteiger partial charge in [-0.2, -0.15) is 0 Å². The number of urea groups is 1. The third-order valence-corrected chi connectivity index (χ3v) is 2.88. The first-order valence-electron chi connectivity index (χ1n) is 6.44. The molecule has 7 heteroatoms. The maximum absolute atomic E-state index is 12.1. The Hall–Kier alpha value is -2.57. The summed E-state index contributed by atoms with van der Waals surface area (Å²) in [6.45, 7) is 3.98. The molecule has 0 aliphatic carbocycles. The third-order valence-electron chi connectivity index (χ3n) is 2.88. The number of benzene rings is 1. The van der Waals surface area contributed by atoms with Crippen LogP contribution in [0, 0.1) is 6.92 Å². The molecule has 0 heterocycles. The molecule has 0 radical (unpaired) electrons. The lowest BCUT2D eigenvalue weighted by Gasteiger charge is -2.23. The van der Waals surface area contributed by atoms with Crippen LogP contribution in [0.5, 0.6) is 0 Å². The molecule has 7 nitrogen and oxygen atoms in total. The number of nitrogens with zero attached hydrogens (tertiary/aromatic N) is 1. The van der Waals surface area contributed by atoms with E-state index >= 15 is 0 Å². The van der Waals surface area contributed by atoms with Crippen LogP contribution in [0.1, 0.15) is 18.9 Å². The molecule has 0 aliphatic rings. The van der Waals surface area contributed by atoms with E-state index in [-0.39, 0.29) is 0 Å². The Morgan fingerprint density at radius 1 is 1.19 bits per heavy atom. The summed E-state index contributed by atoms with van der Waals surface area (Å²) in [5.74, 6) is -2.67. The van der Waals surface area contributed by atoms with Gasteiger partial charge in [-0.3, -0.25) is 9.69 Å². The monoisotopic (exact) mass is 294 g/mol. The Balaban J connectivity index is 2.85. The Labute approximate surface area is 122 Å². The summed E-state index contributed by atoms with van der Waals surface area (Å²) in [7, 11) is 0. The Kier molecular flexibility index (Phi) is 5.71. The molecule has 21 heavy (non-hydrogen) atoms. The van der Waals surface area contributed by atoms with Gasteiger partial charge in [0, 0.05) is 12.2 Å². The number of aryl methyl sites for hydroxylation is 1. The summed E-state index contributed by atoms with van der Waals surface area (Å²) in [4.78, 5) is 35.0. The van der Waals surface area contributed by atoms with Crippen LogP contribution in [0.25, 0.3) is 0 Å². The van der Waals surface area contributed by atoms with Crippen molar-refractivity contribution >= 4 is 23.7 Å². The number of carbonyl (C=O) groups excluding carboxylic acids is 1. The van der Waals surface area contributed by atoms with Crippen LogP contribution in [0.4, 0.5) is 10.5 Å². The van der Waals surface area contributed by atoms with Crippen molar-refractivity contribution in [2.45, 2.75) is 26.3 Å². The molecule has 0 saturated carbocycles. The van der Waals surface area contributed by atoms with Gasteiger partial charge in [0.05, 0.1) is 6.42 Å². The lowest BCUT2D eigenvalue weighted by molar-refractivity contribution is -0.145. The van der Waals surface area contributed by atoms with Crippen LogP contribution in [-0.2, 0) is 9.59 Å². The number of hydrogen-bond donors (Lipinski definition) is 3. The molecular weight excluding hydrogens is 276 g/mol. The molecule has 0 bridgehead atoms. The van der Waals surface area contributed by atoms with Gasteiger partial charge in [0.1, 0.15) is 6.04 Å². The zero-order valence-corrected chi connectivity index (χ0v) is 11.9. The highest BCUT2D eigenvalue weighted by Crippen LogP contribution is 2.15. The lowest BCUT2D eigenvalue weighted by atomic mass is 10.2. The molecule has 0 spiro atoms. The van der Waals surface area contributed by atoms with E-state index in [9.17, 15) is 14.4 Å². The van der Waals surface area contributed by atoms with E-state index in [1.807, 2.05) is 19.1 Å². The van der Waals surface area contributed by atoms with E-state index in [1.165, 1.54) is 4.90 Å². The quantitative estimate of drug-likeness (QED) is 0.736. The highest BCUT2D eigenvalue weighted by atomic mass is 16.4. The zero-order chi connectivity index (χ0) is 16.0. The number of carboxylic acids is 2. The maximum atomic E-state index is 12.1. The molecule has 0 aliphatic heterocycles. The highest BCUT2D eigenvalue weighted by molar-refractivity contribution is 5.95. The van der Waals surface area contributed by atoms with Crippen molar-refractivity contribution in [3.8, 4) is 0 Å². The predicted octanol–water partition coefficient (Wildman–Crippen LogP) is 1.46. The number of hydrogen-bond acceptors (Lipinski definition) is 3. The number of amides is 2. The van der Waals surface area contributed by atoms with E-state index in [0.717, 1.165) is 5.56 Å². The highest BCUT2D eigenvalue weighted by Gasteiger charge is 2.25. The molecule has 1 unspecified atom stereocenters. The standard InChI is InChI=1S/C14H18N2O5/c1-3-16(10-6-4-9(2)5-7-10)14(21)15-11(13(19)20)8-12(17)18/h4-7,11H,3,8H2,1-2H3,(H,15,21)(H,17,18)(H,19,20). The number of nitrogens with one attached hydrogen (secondary N) is 1. The smallest absolute Gasteiger partial charge is 0.326 e. The van der Waals surface area contributed by atoms with Crippen molar-refractivity contribution in [3.63, 3.8) is 0 Å². The van der Waals surface area contributed by atoms with Crippen molar-refractivity contribution in [2.24, 2.45) is 0 Å². The van der Waals surface area contributed by atoms with Gasteiger partial charge < -0.3 is 15.5 Å². The molecular formula is C14H18N2O5. The second-order valence-electron chi connectivity index (χ2n) is 4.52. The van der Waals surface area contributed by atoms with Crippen molar-refractivity contribution < 1.29 is 24.6 Å². The van der Waals surface area contributed by atoms with Gasteiger partial charge >= 0.3 is 18.0 Å². The average Bonchev–Trinajstić information content (AvgIpc) is 2.40. The molecule has 2 amide bonds. The molecule has 1 aromatic carbocycles. The van der Waals surface area contributed by atoms with E-state index in [4.69, 9.17) is 10.2 Å². The minimum Gasteiger partial charge on any atom is -0.481 e. The molecule has 1 rings (SSSR count). The van der Waals surface area contributed by atoms with Gasteiger partial charge in [-0.15, -0.1) is 0 Å². The predicted molar refractivity (Wildman–Crippen MR) is 76.4 cm³/mol. The minimum absolute atomic E-state index is 0.328. The van der Waals surface area contributed by atoms with Crippen molar-refractivity contribution in [1.29, 1.82) is 0 Å². The second kappa shape index (κ2) is 7.28.